The highest BCUT2D eigenvalue weighted by atomic mass is 32.1. The zero-order valence-electron chi connectivity index (χ0n) is 25.0. The Morgan fingerprint density at radius 2 is 1.86 bits per heavy atom. The summed E-state index contributed by atoms with van der Waals surface area (Å²) in [5, 5.41) is 38.1. The summed E-state index contributed by atoms with van der Waals surface area (Å²) in [6.45, 7) is 6.99. The number of likely N-dealkylation sites (N-methyl/N-ethyl adjacent to an activating group) is 1. The van der Waals surface area contributed by atoms with Crippen molar-refractivity contribution in [2.75, 3.05) is 25.9 Å². The van der Waals surface area contributed by atoms with E-state index >= 15 is 0 Å². The first kappa shape index (κ1) is 37.6. The molecule has 0 aliphatic heterocycles. The molecule has 16 heteroatoms. The Hall–Kier alpha value is -3.41. The minimum Gasteiger partial charge on any atom is -0.506 e. The highest BCUT2D eigenvalue weighted by Gasteiger charge is 2.45. The zero-order valence-corrected chi connectivity index (χ0v) is 25.8. The second kappa shape index (κ2) is 18.3. The minimum atomic E-state index is -2.94. The number of pyridine rings is 1. The van der Waals surface area contributed by atoms with Crippen LogP contribution in [0.2, 0.25) is 0 Å². The first-order valence-corrected chi connectivity index (χ1v) is 14.3. The van der Waals surface area contributed by atoms with Crippen molar-refractivity contribution in [2.24, 2.45) is 5.73 Å². The number of aliphatic hydroxyl groups excluding tert-OH is 2. The van der Waals surface area contributed by atoms with Gasteiger partial charge in [0.15, 0.2) is 17.8 Å². The molecule has 13 nitrogen and oxygen atoms in total. The first-order chi connectivity index (χ1) is 20.3. The van der Waals surface area contributed by atoms with Gasteiger partial charge in [-0.1, -0.05) is 11.3 Å². The number of nitrogen functional groups attached to an aromatic ring is 1. The number of aromatic hydroxyl groups is 1. The van der Waals surface area contributed by atoms with E-state index in [0.29, 0.717) is 48.0 Å². The predicted octanol–water partition coefficient (Wildman–Crippen LogP) is -0.0292. The quantitative estimate of drug-likeness (QED) is 0.124. The highest BCUT2D eigenvalue weighted by molar-refractivity contribution is 7.09. The molecule has 0 aliphatic rings. The molecule has 3 heterocycles. The number of carboxylic acid groups (broad SMARTS) is 1. The lowest BCUT2D eigenvalue weighted by atomic mass is 9.94. The molecular weight excluding hydrogens is 586 g/mol. The van der Waals surface area contributed by atoms with Crippen LogP contribution in [0.5, 0.6) is 5.75 Å². The van der Waals surface area contributed by atoms with Crippen LogP contribution in [0.3, 0.4) is 0 Å². The van der Waals surface area contributed by atoms with Gasteiger partial charge in [0.25, 0.3) is 6.43 Å². The summed E-state index contributed by atoms with van der Waals surface area (Å²) in [5.74, 6) is -0.177. The van der Waals surface area contributed by atoms with Gasteiger partial charge in [-0.2, -0.15) is 4.57 Å². The molecule has 0 radical (unpaired) electrons. The van der Waals surface area contributed by atoms with E-state index in [1.807, 2.05) is 19.4 Å². The summed E-state index contributed by atoms with van der Waals surface area (Å²) in [4.78, 5) is 24.1. The van der Waals surface area contributed by atoms with Crippen molar-refractivity contribution in [3.63, 3.8) is 0 Å². The lowest BCUT2D eigenvalue weighted by molar-refractivity contribution is -0.689. The molecule has 0 saturated carbocycles. The number of aliphatic hydroxyl groups is 2. The third-order valence-electron chi connectivity index (χ3n) is 6.68. The molecule has 0 spiro atoms. The number of quaternary nitrogens is 1. The van der Waals surface area contributed by atoms with Crippen molar-refractivity contribution in [3.8, 4) is 5.75 Å². The van der Waals surface area contributed by atoms with E-state index in [-0.39, 0.29) is 38.3 Å². The Morgan fingerprint density at radius 1 is 1.21 bits per heavy atom. The number of hydrogen-bond donors (Lipinski definition) is 8. The highest BCUT2D eigenvalue weighted by Crippen LogP contribution is 2.23. The number of halogens is 2. The number of aromatic nitrogens is 4. The molecule has 1 atom stereocenters. The van der Waals surface area contributed by atoms with Gasteiger partial charge in [0.1, 0.15) is 23.9 Å². The number of alkyl halides is 2. The summed E-state index contributed by atoms with van der Waals surface area (Å²) in [6.07, 6.45) is 1.17. The molecule has 0 amide bonds. The number of anilines is 1. The smallest absolute Gasteiger partial charge is 0.329 e. The second-order valence-electron chi connectivity index (χ2n) is 9.48. The van der Waals surface area contributed by atoms with E-state index in [1.54, 1.807) is 30.7 Å². The van der Waals surface area contributed by atoms with E-state index in [9.17, 15) is 18.7 Å². The number of carbonyl (C=O) groups is 1. The summed E-state index contributed by atoms with van der Waals surface area (Å²) in [5.41, 5.74) is 18.6. The van der Waals surface area contributed by atoms with Gasteiger partial charge < -0.3 is 42.9 Å². The van der Waals surface area contributed by atoms with Crippen molar-refractivity contribution in [1.82, 2.24) is 20.3 Å². The van der Waals surface area contributed by atoms with Crippen LogP contribution >= 0.6 is 11.3 Å². The molecule has 3 rings (SSSR count). The fraction of sp³-hybridized carbons (Fsp3) is 0.519. The van der Waals surface area contributed by atoms with Crippen LogP contribution in [0.4, 0.5) is 14.6 Å². The van der Waals surface area contributed by atoms with Gasteiger partial charge in [-0.05, 0) is 40.3 Å². The summed E-state index contributed by atoms with van der Waals surface area (Å²) in [7, 11) is 1.21. The topological polar surface area (TPSA) is 232 Å². The summed E-state index contributed by atoms with van der Waals surface area (Å²) < 4.78 is 27.0. The molecule has 43 heavy (non-hydrogen) atoms. The van der Waals surface area contributed by atoms with Gasteiger partial charge in [0, 0.05) is 37.9 Å². The van der Waals surface area contributed by atoms with Crippen molar-refractivity contribution in [1.29, 1.82) is 0 Å². The maximum absolute atomic E-state index is 12.4. The molecule has 0 aromatic carbocycles. The first-order valence-electron chi connectivity index (χ1n) is 13.4. The fourth-order valence-electron chi connectivity index (χ4n) is 3.90. The van der Waals surface area contributed by atoms with Gasteiger partial charge in [-0.15, -0.1) is 0 Å². The fourth-order valence-corrected chi connectivity index (χ4v) is 4.88. The zero-order chi connectivity index (χ0) is 32.7. The van der Waals surface area contributed by atoms with Crippen LogP contribution < -0.4 is 27.1 Å². The Bertz CT molecular complexity index is 1310. The van der Waals surface area contributed by atoms with Crippen LogP contribution in [0.1, 0.15) is 51.6 Å². The van der Waals surface area contributed by atoms with Crippen LogP contribution in [0.25, 0.3) is 0 Å². The van der Waals surface area contributed by atoms with Crippen molar-refractivity contribution in [3.05, 3.63) is 56.7 Å². The number of aliphatic carboxylic acids is 1. The van der Waals surface area contributed by atoms with E-state index in [1.165, 1.54) is 11.9 Å². The Morgan fingerprint density at radius 3 is 2.35 bits per heavy atom. The SMILES string of the molecule is CNC(CCCN)(C(=O)O)C(F)F.Cc1ncc(CO)c(C[NH3+])c1O.Cc1ncc(C[n+]2csc(CCO)c2C)c(N)n1. The Kier molecular flexibility index (Phi) is 16.0. The Labute approximate surface area is 253 Å². The third kappa shape index (κ3) is 10.4. The molecule has 0 fully saturated rings. The molecule has 0 aliphatic carbocycles. The lowest BCUT2D eigenvalue weighted by Crippen LogP contribution is -2.56. The second-order valence-corrected chi connectivity index (χ2v) is 10.4. The molecule has 1 unspecified atom stereocenters. The number of thiazole rings is 1. The molecule has 3 aromatic rings. The average molecular weight is 631 g/mol. The van der Waals surface area contributed by atoms with Gasteiger partial charge in [0.2, 0.25) is 5.51 Å². The van der Waals surface area contributed by atoms with Crippen LogP contribution in [-0.2, 0) is 30.9 Å². The van der Waals surface area contributed by atoms with Crippen molar-refractivity contribution in [2.45, 2.75) is 71.7 Å². The van der Waals surface area contributed by atoms with E-state index in [2.05, 4.69) is 30.6 Å². The van der Waals surface area contributed by atoms with Crippen LogP contribution in [-0.4, -0.2) is 73.5 Å². The number of hydrogen-bond acceptors (Lipinski definition) is 11. The number of rotatable bonds is 12. The van der Waals surface area contributed by atoms with E-state index < -0.39 is 17.9 Å². The van der Waals surface area contributed by atoms with Crippen molar-refractivity contribution >= 4 is 23.1 Å². The standard InChI is InChI=1S/C12H17N4OS.C8H12N2O2.C7H14F2N2O2/c1-8-11(3-4-17)18-7-16(8)6-10-5-14-9(2)15-12(10)13;1-5-8(12)7(2-9)6(4-11)3-10-5;1-11-7(5(8)9,6(12)13)3-2-4-10/h5,7,17H,3-4,6H2,1-2H3,(H2,13,14,15);3,11-12H,2,4,9H2,1H3;5,11H,2-4,10H2,1H3,(H,12,13)/q+1;;/p+1. The normalized spacial score (nSPS) is 12.2. The molecule has 0 saturated heterocycles. The molecular formula is C27H44F2N8O5S+2. The Balaban J connectivity index is 0.000000333. The lowest BCUT2D eigenvalue weighted by Gasteiger charge is -2.27. The molecule has 240 valence electrons. The number of aryl methyl sites for hydroxylation is 2. The van der Waals surface area contributed by atoms with Gasteiger partial charge in [0.05, 0.1) is 28.3 Å². The maximum atomic E-state index is 12.4. The van der Waals surface area contributed by atoms with E-state index in [4.69, 9.17) is 26.8 Å². The van der Waals surface area contributed by atoms with Gasteiger partial charge >= 0.3 is 5.97 Å². The van der Waals surface area contributed by atoms with Gasteiger partial charge in [-0.3, -0.25) is 4.98 Å². The van der Waals surface area contributed by atoms with Crippen molar-refractivity contribution < 1.29 is 44.3 Å². The summed E-state index contributed by atoms with van der Waals surface area (Å²) in [6, 6.07) is 0. The molecule has 0 bridgehead atoms. The number of carboxylic acids is 1. The summed E-state index contributed by atoms with van der Waals surface area (Å²) >= 11 is 1.65. The predicted molar refractivity (Wildman–Crippen MR) is 157 cm³/mol. The minimum absolute atomic E-state index is 0.105. The largest absolute Gasteiger partial charge is 0.506 e. The average Bonchev–Trinajstić information content (AvgIpc) is 3.31. The number of nitrogens with two attached hydrogens (primary N) is 2. The maximum Gasteiger partial charge on any atom is 0.329 e. The molecule has 12 N–H and O–H groups in total. The van der Waals surface area contributed by atoms with E-state index in [0.717, 1.165) is 11.3 Å². The van der Waals surface area contributed by atoms with Crippen LogP contribution in [0.15, 0.2) is 17.9 Å². The van der Waals surface area contributed by atoms with Crippen LogP contribution in [0, 0.1) is 20.8 Å². The van der Waals surface area contributed by atoms with Gasteiger partial charge in [-0.25, -0.2) is 23.5 Å². The molecule has 3 aromatic heterocycles. The monoisotopic (exact) mass is 630 g/mol. The third-order valence-corrected chi connectivity index (χ3v) is 7.82. The number of nitrogens with zero attached hydrogens (tertiary/aromatic N) is 4. The number of nitrogens with one attached hydrogen (secondary N) is 1.